The fourth-order valence-electron chi connectivity index (χ4n) is 17.7. The van der Waals surface area contributed by atoms with Crippen molar-refractivity contribution in [1.82, 2.24) is 0 Å². The zero-order valence-electron chi connectivity index (χ0n) is 46.5. The van der Waals surface area contributed by atoms with Crippen LogP contribution in [0.3, 0.4) is 0 Å². The summed E-state index contributed by atoms with van der Waals surface area (Å²) >= 11 is 3.36. The van der Waals surface area contributed by atoms with Crippen LogP contribution in [0.2, 0.25) is 0 Å². The van der Waals surface area contributed by atoms with Crippen LogP contribution < -0.4 is 18.9 Å². The Bertz CT molecular complexity index is 2790. The number of hydrogen-bond donors (Lipinski definition) is 3. The topological polar surface area (TPSA) is 149 Å². The van der Waals surface area contributed by atoms with Crippen LogP contribution in [0.5, 0.6) is 34.5 Å². The van der Waals surface area contributed by atoms with Crippen LogP contribution in [0.4, 0.5) is 0 Å². The lowest BCUT2D eigenvalue weighted by Gasteiger charge is -2.57. The van der Waals surface area contributed by atoms with Gasteiger partial charge >= 0.3 is 0 Å². The van der Waals surface area contributed by atoms with Crippen LogP contribution in [0.25, 0.3) is 0 Å². The van der Waals surface area contributed by atoms with Gasteiger partial charge in [-0.15, -0.1) is 0 Å². The van der Waals surface area contributed by atoms with E-state index in [0.29, 0.717) is 46.8 Å². The van der Waals surface area contributed by atoms with Crippen LogP contribution in [0.15, 0.2) is 103 Å². The van der Waals surface area contributed by atoms with Gasteiger partial charge in [-0.3, -0.25) is 14.4 Å². The predicted octanol–water partition coefficient (Wildman–Crippen LogP) is 15.0. The average Bonchev–Trinajstić information content (AvgIpc) is 3.53. The van der Waals surface area contributed by atoms with Crippen molar-refractivity contribution in [3.63, 3.8) is 0 Å². The van der Waals surface area contributed by atoms with Crippen molar-refractivity contribution in [1.29, 1.82) is 0 Å². The molecule has 12 bridgehead atoms. The van der Waals surface area contributed by atoms with E-state index >= 15 is 0 Å². The Kier molecular flexibility index (Phi) is 17.6. The van der Waals surface area contributed by atoms with E-state index in [4.69, 9.17) is 24.1 Å². The first-order valence-corrected chi connectivity index (χ1v) is 30.2. The van der Waals surface area contributed by atoms with Crippen molar-refractivity contribution in [3.05, 3.63) is 142 Å². The maximum absolute atomic E-state index is 11.6. The van der Waals surface area contributed by atoms with E-state index in [1.807, 2.05) is 48.5 Å². The smallest absolute Gasteiger partial charge is 0.165 e. The quantitative estimate of drug-likeness (QED) is 0.0814. The molecule has 3 N–H and O–H groups in total. The Morgan fingerprint density at radius 3 is 1.24 bits per heavy atom. The summed E-state index contributed by atoms with van der Waals surface area (Å²) in [6, 6.07) is 32.4. The fourth-order valence-corrected chi connectivity index (χ4v) is 18.0. The molecule has 12 aliphatic rings. The highest BCUT2D eigenvalue weighted by molar-refractivity contribution is 9.08. The number of aldehydes is 3. The lowest BCUT2D eigenvalue weighted by atomic mass is 9.48. The minimum absolute atomic E-state index is 0.0399. The number of methoxy groups -OCH3 is 3. The summed E-state index contributed by atoms with van der Waals surface area (Å²) in [5, 5.41) is 30.8. The van der Waals surface area contributed by atoms with Crippen molar-refractivity contribution in [2.75, 3.05) is 21.3 Å². The molecule has 12 fully saturated rings. The van der Waals surface area contributed by atoms with E-state index in [-0.39, 0.29) is 27.9 Å². The first-order valence-electron chi connectivity index (χ1n) is 29.1. The van der Waals surface area contributed by atoms with Crippen LogP contribution in [-0.4, -0.2) is 61.1 Å². The number of phenolic OH excluding ortho intramolecular Hbond substituents is 2. The number of phenols is 2. The Labute approximate surface area is 476 Å². The summed E-state index contributed by atoms with van der Waals surface area (Å²) < 4.78 is 22.2. The number of alkyl halides is 1. The molecule has 12 aliphatic carbocycles. The van der Waals surface area contributed by atoms with Crippen molar-refractivity contribution in [2.24, 2.45) is 53.3 Å². The van der Waals surface area contributed by atoms with Crippen molar-refractivity contribution >= 4 is 34.8 Å². The molecule has 79 heavy (non-hydrogen) atoms. The number of aromatic hydroxyl groups is 2. The van der Waals surface area contributed by atoms with Gasteiger partial charge in [0.15, 0.2) is 34.5 Å². The van der Waals surface area contributed by atoms with Crippen LogP contribution in [-0.2, 0) is 22.8 Å². The van der Waals surface area contributed by atoms with Crippen LogP contribution in [0, 0.1) is 53.3 Å². The van der Waals surface area contributed by atoms with Crippen molar-refractivity contribution < 1.29 is 48.7 Å². The van der Waals surface area contributed by atoms with E-state index in [0.717, 1.165) is 107 Å². The molecule has 0 aliphatic heterocycles. The van der Waals surface area contributed by atoms with E-state index < -0.39 is 0 Å². The highest BCUT2D eigenvalue weighted by atomic mass is 79.9. The molecule has 5 aromatic rings. The van der Waals surface area contributed by atoms with Gasteiger partial charge in [0.25, 0.3) is 0 Å². The van der Waals surface area contributed by atoms with Crippen molar-refractivity contribution in [3.8, 4) is 34.5 Å². The third-order valence-electron chi connectivity index (χ3n) is 19.7. The zero-order valence-corrected chi connectivity index (χ0v) is 48.0. The zero-order chi connectivity index (χ0) is 55.3. The van der Waals surface area contributed by atoms with E-state index in [1.165, 1.54) is 133 Å². The Hall–Kier alpha value is -5.65. The second-order valence-corrected chi connectivity index (χ2v) is 26.0. The van der Waals surface area contributed by atoms with Gasteiger partial charge in [0.05, 0.1) is 26.9 Å². The summed E-state index contributed by atoms with van der Waals surface area (Å²) in [7, 11) is 4.65. The minimum atomic E-state index is -0.200. The fraction of sp³-hybridized carbons (Fsp3) is 0.515. The number of carbonyl (C=O) groups is 3. The van der Waals surface area contributed by atoms with Gasteiger partial charge in [-0.25, -0.2) is 0 Å². The Morgan fingerprint density at radius 2 is 0.848 bits per heavy atom. The van der Waals surface area contributed by atoms with E-state index in [1.54, 1.807) is 20.3 Å². The van der Waals surface area contributed by atoms with E-state index in [2.05, 4.69) is 46.3 Å². The van der Waals surface area contributed by atoms with Gasteiger partial charge in [0, 0.05) is 33.1 Å². The molecule has 0 amide bonds. The number of hydrogen-bond acceptors (Lipinski definition) is 10. The number of aliphatic hydroxyl groups is 1. The molecule has 420 valence electrons. The van der Waals surface area contributed by atoms with Gasteiger partial charge in [-0.2, -0.15) is 0 Å². The maximum Gasteiger partial charge on any atom is 0.165 e. The summed E-state index contributed by atoms with van der Waals surface area (Å²) in [5.74, 6) is 10.2. The normalized spacial score (nSPS) is 31.1. The summed E-state index contributed by atoms with van der Waals surface area (Å²) in [5.41, 5.74) is 6.44. The third kappa shape index (κ3) is 12.8. The molecule has 11 heteroatoms. The molecular formula is C68H81BrO10. The molecule has 0 saturated heterocycles. The summed E-state index contributed by atoms with van der Waals surface area (Å²) in [6.07, 6.45) is 25.6. The number of halogens is 1. The minimum Gasteiger partial charge on any atom is -0.504 e. The first-order chi connectivity index (χ1) is 38.3. The molecule has 5 aromatic carbocycles. The third-order valence-corrected chi connectivity index (χ3v) is 20.3. The van der Waals surface area contributed by atoms with Gasteiger partial charge < -0.3 is 34.3 Å². The molecule has 0 spiro atoms. The molecule has 12 saturated carbocycles. The second kappa shape index (κ2) is 24.6. The monoisotopic (exact) mass is 1140 g/mol. The average molecular weight is 1140 g/mol. The van der Waals surface area contributed by atoms with Gasteiger partial charge in [-0.05, 0) is 233 Å². The summed E-state index contributed by atoms with van der Waals surface area (Å²) in [4.78, 5) is 33.1. The Balaban J connectivity index is 0.000000121. The maximum atomic E-state index is 11.6. The van der Waals surface area contributed by atoms with Gasteiger partial charge in [0.1, 0.15) is 25.5 Å². The SMILES string of the molecule is BrCc1ccccc1.COc1cc(C=O)cc(C23CC4CC(CC(C4)C2)C3)c1O.COc1cc(C=O)cc(C23CC4CC(CC(C4)C2)C3)c1OCc1ccccc1.COc1cc(C=O)ccc1O.OC12CC3CC(CC(C3)C1)C2. The number of ether oxygens (including phenoxy) is 4. The number of benzene rings is 5. The highest BCUT2D eigenvalue weighted by Crippen LogP contribution is 2.64. The lowest BCUT2D eigenvalue weighted by molar-refractivity contribution is -0.124. The van der Waals surface area contributed by atoms with Crippen molar-refractivity contribution in [2.45, 2.75) is 144 Å². The highest BCUT2D eigenvalue weighted by Gasteiger charge is 2.55. The second-order valence-electron chi connectivity index (χ2n) is 25.4. The molecular weight excluding hydrogens is 1060 g/mol. The first kappa shape index (κ1) is 56.6. The number of rotatable bonds is 12. The van der Waals surface area contributed by atoms with Gasteiger partial charge in [0.2, 0.25) is 0 Å². The van der Waals surface area contributed by atoms with E-state index in [9.17, 15) is 24.6 Å². The molecule has 10 nitrogen and oxygen atoms in total. The summed E-state index contributed by atoms with van der Waals surface area (Å²) in [6.45, 7) is 0.511. The molecule has 0 heterocycles. The molecule has 0 aromatic heterocycles. The Morgan fingerprint density at radius 1 is 0.468 bits per heavy atom. The molecule has 0 atom stereocenters. The van der Waals surface area contributed by atoms with Gasteiger partial charge in [-0.1, -0.05) is 76.6 Å². The largest absolute Gasteiger partial charge is 0.504 e. The predicted molar refractivity (Wildman–Crippen MR) is 311 cm³/mol. The number of carbonyl (C=O) groups excluding carboxylic acids is 3. The molecule has 0 unspecified atom stereocenters. The van der Waals surface area contributed by atoms with Crippen LogP contribution >= 0.6 is 15.9 Å². The molecule has 0 radical (unpaired) electrons. The standard InChI is InChI=1S/C25H28O3.C18H22O3.C10H16O.C8H8O3.C7H7Br/c1-27-23-11-21(15-26)10-22(24(23)28-16-17-5-3-2-4-6-17)25-12-18-7-19(13-25)9-20(8-18)14-25;1-21-16-6-14(10-19)5-15(17(16)20)18-7-11-2-12(8-18)4-13(3-11)9-18;11-10-4-7-1-8(5-10)3-9(2-7)6-10;1-11-8-4-6(5-9)2-3-7(8)10;8-6-7-4-2-1-3-5-7/h2-6,10-11,15,18-20H,7-9,12-14,16H2,1H3;5-6,10-13,20H,2-4,7-9H2,1H3;7-9,11H,1-6H2;2-5,10H,1H3;1-5H,6H2. The van der Waals surface area contributed by atoms with Crippen LogP contribution in [0.1, 0.15) is 169 Å². The molecule has 17 rings (SSSR count). The lowest BCUT2D eigenvalue weighted by Crippen LogP contribution is -2.50.